The number of piperidine rings is 1. The van der Waals surface area contributed by atoms with Gasteiger partial charge in [0.2, 0.25) is 11.8 Å². The van der Waals surface area contributed by atoms with E-state index in [-0.39, 0.29) is 11.8 Å². The van der Waals surface area contributed by atoms with Gasteiger partial charge in [-0.05, 0) is 50.9 Å². The van der Waals surface area contributed by atoms with Gasteiger partial charge >= 0.3 is 0 Å². The summed E-state index contributed by atoms with van der Waals surface area (Å²) in [7, 11) is 1.60. The molecule has 2 aliphatic rings. The summed E-state index contributed by atoms with van der Waals surface area (Å²) < 4.78 is 11.5. The standard InChI is InChI=1S/C25H29N3O4/c1-31-23-14-19-18-6-2-3-7-21(18)32-22(19)15-20(23)26-24(29)16-27-12-8-17(9-13-27)25(30)28-10-4-5-11-28/h2-3,6-7,14-15,17H,4-5,8-13,16H2,1H3,(H,26,29). The van der Waals surface area contributed by atoms with E-state index in [0.29, 0.717) is 29.5 Å². The number of hydrogen-bond donors (Lipinski definition) is 1. The Kier molecular flexibility index (Phi) is 5.74. The van der Waals surface area contributed by atoms with Crippen LogP contribution in [-0.4, -0.2) is 61.4 Å². The summed E-state index contributed by atoms with van der Waals surface area (Å²) in [6.07, 6.45) is 3.87. The number of benzene rings is 2. The normalized spacial score (nSPS) is 17.8. The minimum absolute atomic E-state index is 0.0944. The molecular weight excluding hydrogens is 406 g/mol. The maximum absolute atomic E-state index is 12.8. The highest BCUT2D eigenvalue weighted by Gasteiger charge is 2.30. The summed E-state index contributed by atoms with van der Waals surface area (Å²) in [5.41, 5.74) is 2.12. The van der Waals surface area contributed by atoms with Crippen molar-refractivity contribution in [3.63, 3.8) is 0 Å². The van der Waals surface area contributed by atoms with Gasteiger partial charge in [0.15, 0.2) is 0 Å². The molecule has 168 valence electrons. The molecule has 1 aromatic heterocycles. The first-order valence-electron chi connectivity index (χ1n) is 11.4. The van der Waals surface area contributed by atoms with Crippen molar-refractivity contribution in [1.29, 1.82) is 0 Å². The second-order valence-electron chi connectivity index (χ2n) is 8.78. The van der Waals surface area contributed by atoms with Crippen LogP contribution >= 0.6 is 0 Å². The number of hydrogen-bond acceptors (Lipinski definition) is 5. The summed E-state index contributed by atoms with van der Waals surface area (Å²) in [4.78, 5) is 29.5. The average molecular weight is 436 g/mol. The minimum atomic E-state index is -0.0944. The first-order chi connectivity index (χ1) is 15.6. The number of carbonyl (C=O) groups excluding carboxylic acids is 2. The highest BCUT2D eigenvalue weighted by molar-refractivity contribution is 6.07. The molecule has 2 aromatic carbocycles. The Morgan fingerprint density at radius 1 is 1.03 bits per heavy atom. The Bertz CT molecular complexity index is 1140. The van der Waals surface area contributed by atoms with Crippen molar-refractivity contribution in [1.82, 2.24) is 9.80 Å². The number of ether oxygens (including phenoxy) is 1. The van der Waals surface area contributed by atoms with Gasteiger partial charge in [0.05, 0.1) is 19.3 Å². The molecule has 7 nitrogen and oxygen atoms in total. The highest BCUT2D eigenvalue weighted by Crippen LogP contribution is 2.36. The van der Waals surface area contributed by atoms with Crippen LogP contribution in [0.2, 0.25) is 0 Å². The van der Waals surface area contributed by atoms with Gasteiger partial charge in [0.25, 0.3) is 0 Å². The zero-order valence-electron chi connectivity index (χ0n) is 18.4. The third-order valence-corrected chi connectivity index (χ3v) is 6.69. The fourth-order valence-electron chi connectivity index (χ4n) is 4.94. The third kappa shape index (κ3) is 4.05. The summed E-state index contributed by atoms with van der Waals surface area (Å²) in [6, 6.07) is 11.6. The fourth-order valence-corrected chi connectivity index (χ4v) is 4.94. The van der Waals surface area contributed by atoms with E-state index in [4.69, 9.17) is 9.15 Å². The first kappa shape index (κ1) is 20.8. The number of para-hydroxylation sites is 1. The van der Waals surface area contributed by atoms with Gasteiger partial charge in [-0.15, -0.1) is 0 Å². The third-order valence-electron chi connectivity index (χ3n) is 6.69. The first-order valence-corrected chi connectivity index (χ1v) is 11.4. The Labute approximate surface area is 187 Å². The number of carbonyl (C=O) groups is 2. The molecule has 5 rings (SSSR count). The summed E-state index contributed by atoms with van der Waals surface area (Å²) in [5, 5.41) is 4.96. The topological polar surface area (TPSA) is 75.0 Å². The van der Waals surface area contributed by atoms with Crippen LogP contribution in [0.1, 0.15) is 25.7 Å². The molecule has 2 aliphatic heterocycles. The quantitative estimate of drug-likeness (QED) is 0.659. The molecule has 2 amide bonds. The lowest BCUT2D eigenvalue weighted by molar-refractivity contribution is -0.136. The number of rotatable bonds is 5. The Balaban J connectivity index is 1.22. The molecule has 0 bridgehead atoms. The predicted octanol–water partition coefficient (Wildman–Crippen LogP) is 3.87. The van der Waals surface area contributed by atoms with Crippen molar-refractivity contribution in [2.75, 3.05) is 45.2 Å². The molecular formula is C25H29N3O4. The van der Waals surface area contributed by atoms with E-state index < -0.39 is 0 Å². The van der Waals surface area contributed by atoms with Crippen LogP contribution in [0.3, 0.4) is 0 Å². The van der Waals surface area contributed by atoms with E-state index in [2.05, 4.69) is 10.2 Å². The van der Waals surface area contributed by atoms with Gasteiger partial charge in [-0.25, -0.2) is 0 Å². The van der Waals surface area contributed by atoms with Crippen LogP contribution in [0.4, 0.5) is 5.69 Å². The van der Waals surface area contributed by atoms with E-state index >= 15 is 0 Å². The molecule has 0 saturated carbocycles. The van der Waals surface area contributed by atoms with Crippen molar-refractivity contribution in [2.24, 2.45) is 5.92 Å². The smallest absolute Gasteiger partial charge is 0.238 e. The van der Waals surface area contributed by atoms with E-state index in [1.54, 1.807) is 7.11 Å². The van der Waals surface area contributed by atoms with E-state index in [1.165, 1.54) is 0 Å². The van der Waals surface area contributed by atoms with Gasteiger partial charge in [0.1, 0.15) is 16.9 Å². The maximum Gasteiger partial charge on any atom is 0.238 e. The minimum Gasteiger partial charge on any atom is -0.495 e. The van der Waals surface area contributed by atoms with Crippen molar-refractivity contribution in [3.05, 3.63) is 36.4 Å². The van der Waals surface area contributed by atoms with Gasteiger partial charge < -0.3 is 19.4 Å². The molecule has 0 unspecified atom stereocenters. The summed E-state index contributed by atoms with van der Waals surface area (Å²) >= 11 is 0. The predicted molar refractivity (Wildman–Crippen MR) is 124 cm³/mol. The van der Waals surface area contributed by atoms with Crippen LogP contribution in [0.15, 0.2) is 40.8 Å². The number of amides is 2. The number of nitrogens with one attached hydrogen (secondary N) is 1. The zero-order chi connectivity index (χ0) is 22.1. The van der Waals surface area contributed by atoms with Crippen LogP contribution in [0.5, 0.6) is 5.75 Å². The van der Waals surface area contributed by atoms with Crippen molar-refractivity contribution >= 4 is 39.4 Å². The second kappa shape index (κ2) is 8.82. The summed E-state index contributed by atoms with van der Waals surface area (Å²) in [5.74, 6) is 0.911. The van der Waals surface area contributed by atoms with Gasteiger partial charge in [-0.1, -0.05) is 18.2 Å². The Hall–Kier alpha value is -3.06. The number of anilines is 1. The van der Waals surface area contributed by atoms with Gasteiger partial charge in [-0.2, -0.15) is 0 Å². The Morgan fingerprint density at radius 3 is 2.53 bits per heavy atom. The van der Waals surface area contributed by atoms with E-state index in [0.717, 1.165) is 68.2 Å². The summed E-state index contributed by atoms with van der Waals surface area (Å²) in [6.45, 7) is 3.62. The van der Waals surface area contributed by atoms with E-state index in [9.17, 15) is 9.59 Å². The van der Waals surface area contributed by atoms with Crippen molar-refractivity contribution < 1.29 is 18.7 Å². The largest absolute Gasteiger partial charge is 0.495 e. The molecule has 0 radical (unpaired) electrons. The number of nitrogens with zero attached hydrogens (tertiary/aromatic N) is 2. The molecule has 7 heteroatoms. The number of likely N-dealkylation sites (tertiary alicyclic amines) is 2. The van der Waals surface area contributed by atoms with Gasteiger partial charge in [-0.3, -0.25) is 14.5 Å². The van der Waals surface area contributed by atoms with Gasteiger partial charge in [0, 0.05) is 35.8 Å². The molecule has 2 saturated heterocycles. The lowest BCUT2D eigenvalue weighted by Crippen LogP contribution is -2.43. The maximum atomic E-state index is 12.8. The highest BCUT2D eigenvalue weighted by atomic mass is 16.5. The molecule has 2 fully saturated rings. The average Bonchev–Trinajstić information content (AvgIpc) is 3.46. The van der Waals surface area contributed by atoms with Crippen LogP contribution in [-0.2, 0) is 9.59 Å². The van der Waals surface area contributed by atoms with Crippen molar-refractivity contribution in [2.45, 2.75) is 25.7 Å². The fraction of sp³-hybridized carbons (Fsp3) is 0.440. The molecule has 0 spiro atoms. The SMILES string of the molecule is COc1cc2c(cc1NC(=O)CN1CCC(C(=O)N3CCCC3)CC1)oc1ccccc12. The van der Waals surface area contributed by atoms with E-state index in [1.807, 2.05) is 41.3 Å². The molecule has 3 aromatic rings. The Morgan fingerprint density at radius 2 is 1.78 bits per heavy atom. The molecule has 3 heterocycles. The number of furan rings is 1. The monoisotopic (exact) mass is 435 g/mol. The molecule has 32 heavy (non-hydrogen) atoms. The van der Waals surface area contributed by atoms with Crippen LogP contribution in [0.25, 0.3) is 21.9 Å². The zero-order valence-corrected chi connectivity index (χ0v) is 18.4. The second-order valence-corrected chi connectivity index (χ2v) is 8.78. The lowest BCUT2D eigenvalue weighted by atomic mass is 9.95. The van der Waals surface area contributed by atoms with Crippen LogP contribution in [0, 0.1) is 5.92 Å². The molecule has 0 atom stereocenters. The number of fused-ring (bicyclic) bond motifs is 3. The van der Waals surface area contributed by atoms with Crippen LogP contribution < -0.4 is 10.1 Å². The molecule has 0 aliphatic carbocycles. The molecule has 1 N–H and O–H groups in total. The number of methoxy groups -OCH3 is 1. The lowest BCUT2D eigenvalue weighted by Gasteiger charge is -2.32. The van der Waals surface area contributed by atoms with Crippen molar-refractivity contribution in [3.8, 4) is 5.75 Å².